The predicted octanol–water partition coefficient (Wildman–Crippen LogP) is 2.46. The number of nitrogens with one attached hydrogen (secondary N) is 1. The summed E-state index contributed by atoms with van der Waals surface area (Å²) in [6.07, 6.45) is 1.51. The largest absolute Gasteiger partial charge is 0.343 e. The summed E-state index contributed by atoms with van der Waals surface area (Å²) in [5.41, 5.74) is 1.37. The Morgan fingerprint density at radius 2 is 2.00 bits per heavy atom. The van der Waals surface area contributed by atoms with Gasteiger partial charge in [-0.3, -0.25) is 14.3 Å². The Balaban J connectivity index is 2.34. The van der Waals surface area contributed by atoms with Crippen LogP contribution in [0.2, 0.25) is 0 Å². The van der Waals surface area contributed by atoms with Crippen LogP contribution in [-0.4, -0.2) is 40.6 Å². The number of rotatable bonds is 4. The monoisotopic (exact) mass is 412 g/mol. The quantitative estimate of drug-likeness (QED) is 0.785. The zero-order valence-corrected chi connectivity index (χ0v) is 14.8. The van der Waals surface area contributed by atoms with Crippen molar-refractivity contribution in [3.8, 4) is 0 Å². The van der Waals surface area contributed by atoms with E-state index in [-0.39, 0.29) is 11.8 Å². The minimum absolute atomic E-state index is 0.197. The van der Waals surface area contributed by atoms with Crippen LogP contribution in [0.3, 0.4) is 0 Å². The summed E-state index contributed by atoms with van der Waals surface area (Å²) in [5.74, 6) is -0.453. The lowest BCUT2D eigenvalue weighted by atomic mass is 10.2. The van der Waals surface area contributed by atoms with Gasteiger partial charge >= 0.3 is 0 Å². The average molecular weight is 412 g/mol. The molecule has 116 valence electrons. The van der Waals surface area contributed by atoms with E-state index in [1.165, 1.54) is 11.1 Å². The van der Waals surface area contributed by atoms with Crippen molar-refractivity contribution >= 4 is 40.1 Å². The highest BCUT2D eigenvalue weighted by atomic mass is 127. The molecule has 0 unspecified atom stereocenters. The van der Waals surface area contributed by atoms with Crippen molar-refractivity contribution in [1.29, 1.82) is 0 Å². The van der Waals surface area contributed by atoms with E-state index in [4.69, 9.17) is 0 Å². The van der Waals surface area contributed by atoms with Crippen LogP contribution in [0.25, 0.3) is 0 Å². The van der Waals surface area contributed by atoms with Gasteiger partial charge in [-0.25, -0.2) is 0 Å². The normalized spacial score (nSPS) is 10.4. The first-order valence-corrected chi connectivity index (χ1v) is 7.87. The van der Waals surface area contributed by atoms with E-state index in [0.29, 0.717) is 23.5 Å². The zero-order valence-electron chi connectivity index (χ0n) is 12.6. The van der Waals surface area contributed by atoms with Crippen LogP contribution in [0.1, 0.15) is 27.8 Å². The molecule has 6 nitrogen and oxygen atoms in total. The molecular weight excluding hydrogens is 395 g/mol. The maximum atomic E-state index is 12.4. The molecule has 1 aromatic heterocycles. The van der Waals surface area contributed by atoms with E-state index in [1.807, 2.05) is 19.1 Å². The van der Waals surface area contributed by atoms with Crippen LogP contribution < -0.4 is 5.32 Å². The molecule has 0 aliphatic heterocycles. The van der Waals surface area contributed by atoms with Crippen molar-refractivity contribution < 1.29 is 9.59 Å². The molecule has 0 fully saturated rings. The smallest absolute Gasteiger partial charge is 0.273 e. The molecule has 2 rings (SSSR count). The number of halogens is 1. The van der Waals surface area contributed by atoms with Gasteiger partial charge in [0.1, 0.15) is 5.69 Å². The van der Waals surface area contributed by atoms with Gasteiger partial charge < -0.3 is 10.2 Å². The Labute approximate surface area is 142 Å². The van der Waals surface area contributed by atoms with Gasteiger partial charge in [-0.05, 0) is 41.6 Å². The third-order valence-corrected chi connectivity index (χ3v) is 4.06. The van der Waals surface area contributed by atoms with E-state index < -0.39 is 0 Å². The van der Waals surface area contributed by atoms with Crippen molar-refractivity contribution in [2.75, 3.05) is 19.4 Å². The standard InChI is InChI=1S/C15H17IN4O2/c1-4-20-13(15(22)19(2)3)12(9-17-20)18-14(21)10-7-5-6-8-11(10)16/h5-9H,4H2,1-3H3,(H,18,21). The summed E-state index contributed by atoms with van der Waals surface area (Å²) in [7, 11) is 3.34. The molecule has 1 N–H and O–H groups in total. The molecule has 0 atom stereocenters. The van der Waals surface area contributed by atoms with E-state index >= 15 is 0 Å². The van der Waals surface area contributed by atoms with E-state index in [9.17, 15) is 9.59 Å². The molecule has 0 aliphatic carbocycles. The van der Waals surface area contributed by atoms with Crippen LogP contribution in [0.5, 0.6) is 0 Å². The van der Waals surface area contributed by atoms with Crippen LogP contribution in [0.15, 0.2) is 30.5 Å². The van der Waals surface area contributed by atoms with Gasteiger partial charge in [-0.2, -0.15) is 5.10 Å². The van der Waals surface area contributed by atoms with Gasteiger partial charge in [-0.15, -0.1) is 0 Å². The second kappa shape index (κ2) is 6.91. The van der Waals surface area contributed by atoms with Crippen molar-refractivity contribution in [2.24, 2.45) is 0 Å². The summed E-state index contributed by atoms with van der Waals surface area (Å²) in [6.45, 7) is 2.44. The second-order valence-electron chi connectivity index (χ2n) is 4.86. The predicted molar refractivity (Wildman–Crippen MR) is 93.0 cm³/mol. The fourth-order valence-electron chi connectivity index (χ4n) is 1.99. The first-order chi connectivity index (χ1) is 10.5. The lowest BCUT2D eigenvalue weighted by Gasteiger charge is -2.13. The number of aryl methyl sites for hydroxylation is 1. The highest BCUT2D eigenvalue weighted by Crippen LogP contribution is 2.19. The number of anilines is 1. The number of benzene rings is 1. The minimum Gasteiger partial charge on any atom is -0.343 e. The number of nitrogens with zero attached hydrogens (tertiary/aromatic N) is 3. The fourth-order valence-corrected chi connectivity index (χ4v) is 2.62. The lowest BCUT2D eigenvalue weighted by Crippen LogP contribution is -2.26. The number of hydrogen-bond donors (Lipinski definition) is 1. The van der Waals surface area contributed by atoms with Gasteiger partial charge in [0.2, 0.25) is 0 Å². The fraction of sp³-hybridized carbons (Fsp3) is 0.267. The first-order valence-electron chi connectivity index (χ1n) is 6.79. The molecule has 0 saturated heterocycles. The summed E-state index contributed by atoms with van der Waals surface area (Å²) in [4.78, 5) is 26.2. The maximum absolute atomic E-state index is 12.4. The number of amides is 2. The van der Waals surface area contributed by atoms with Crippen molar-refractivity contribution in [1.82, 2.24) is 14.7 Å². The highest BCUT2D eigenvalue weighted by Gasteiger charge is 2.21. The van der Waals surface area contributed by atoms with Crippen molar-refractivity contribution in [3.63, 3.8) is 0 Å². The molecule has 1 aromatic carbocycles. The Bertz CT molecular complexity index is 709. The maximum Gasteiger partial charge on any atom is 0.273 e. The van der Waals surface area contributed by atoms with Crippen LogP contribution in [0.4, 0.5) is 5.69 Å². The van der Waals surface area contributed by atoms with Crippen LogP contribution >= 0.6 is 22.6 Å². The summed E-state index contributed by atoms with van der Waals surface area (Å²) < 4.78 is 2.43. The van der Waals surface area contributed by atoms with Gasteiger partial charge in [0.25, 0.3) is 11.8 Å². The molecule has 0 saturated carbocycles. The van der Waals surface area contributed by atoms with E-state index in [1.54, 1.807) is 30.9 Å². The highest BCUT2D eigenvalue weighted by molar-refractivity contribution is 14.1. The van der Waals surface area contributed by atoms with Gasteiger partial charge in [0.15, 0.2) is 0 Å². The molecular formula is C15H17IN4O2. The number of hydrogen-bond acceptors (Lipinski definition) is 3. The lowest BCUT2D eigenvalue weighted by molar-refractivity contribution is 0.0816. The third-order valence-electron chi connectivity index (χ3n) is 3.11. The molecule has 2 aromatic rings. The first kappa shape index (κ1) is 16.5. The van der Waals surface area contributed by atoms with E-state index in [0.717, 1.165) is 3.57 Å². The Kier molecular flexibility index (Phi) is 5.17. The van der Waals surface area contributed by atoms with Gasteiger partial charge in [0, 0.05) is 24.2 Å². The number of carbonyl (C=O) groups excluding carboxylic acids is 2. The molecule has 2 amide bonds. The zero-order chi connectivity index (χ0) is 16.3. The van der Waals surface area contributed by atoms with Crippen molar-refractivity contribution in [2.45, 2.75) is 13.5 Å². The molecule has 1 heterocycles. The van der Waals surface area contributed by atoms with Crippen molar-refractivity contribution in [3.05, 3.63) is 45.3 Å². The van der Waals surface area contributed by atoms with Gasteiger partial charge in [0.05, 0.1) is 17.4 Å². The number of carbonyl (C=O) groups is 2. The Morgan fingerprint density at radius 1 is 1.32 bits per heavy atom. The molecule has 0 spiro atoms. The SMILES string of the molecule is CCn1ncc(NC(=O)c2ccccc2I)c1C(=O)N(C)C. The van der Waals surface area contributed by atoms with Gasteiger partial charge in [-0.1, -0.05) is 12.1 Å². The molecule has 7 heteroatoms. The summed E-state index contributed by atoms with van der Waals surface area (Å²) in [6, 6.07) is 7.28. The molecule has 22 heavy (non-hydrogen) atoms. The van der Waals surface area contributed by atoms with E-state index in [2.05, 4.69) is 33.0 Å². The molecule has 0 radical (unpaired) electrons. The number of aromatic nitrogens is 2. The summed E-state index contributed by atoms with van der Waals surface area (Å²) in [5, 5.41) is 6.94. The Morgan fingerprint density at radius 3 is 2.59 bits per heavy atom. The molecule has 0 bridgehead atoms. The second-order valence-corrected chi connectivity index (χ2v) is 6.02. The average Bonchev–Trinajstić information content (AvgIpc) is 2.89. The van der Waals surface area contributed by atoms with Crippen LogP contribution in [-0.2, 0) is 6.54 Å². The third kappa shape index (κ3) is 3.29. The summed E-state index contributed by atoms with van der Waals surface area (Å²) >= 11 is 2.11. The molecule has 0 aliphatic rings. The van der Waals surface area contributed by atoms with Crippen LogP contribution in [0, 0.1) is 3.57 Å². The Hall–Kier alpha value is -1.90. The minimum atomic E-state index is -0.256. The topological polar surface area (TPSA) is 67.2 Å².